The minimum absolute atomic E-state index is 0.353. The summed E-state index contributed by atoms with van der Waals surface area (Å²) in [6.45, 7) is 8.34. The summed E-state index contributed by atoms with van der Waals surface area (Å²) < 4.78 is 0. The summed E-state index contributed by atoms with van der Waals surface area (Å²) in [4.78, 5) is 0. The number of benzene rings is 2. The molecule has 2 N–H and O–H groups in total. The largest absolute Gasteiger partial charge is 0.508 e. The van der Waals surface area contributed by atoms with Gasteiger partial charge in [-0.1, -0.05) is 58.0 Å². The summed E-state index contributed by atoms with van der Waals surface area (Å²) in [6, 6.07) is 14.8. The summed E-state index contributed by atoms with van der Waals surface area (Å²) in [6.07, 6.45) is 0. The fraction of sp³-hybridized carbons (Fsp3) is 0.333. The van der Waals surface area contributed by atoms with Crippen molar-refractivity contribution in [2.45, 2.75) is 39.5 Å². The lowest BCUT2D eigenvalue weighted by Gasteiger charge is -2.05. The van der Waals surface area contributed by atoms with Crippen LogP contribution < -0.4 is 0 Å². The van der Waals surface area contributed by atoms with Crippen molar-refractivity contribution < 1.29 is 10.2 Å². The molecule has 0 amide bonds. The molecular formula is C18H24O2. The molecule has 2 aromatic rings. The van der Waals surface area contributed by atoms with Crippen LogP contribution in [0, 0.1) is 0 Å². The first-order valence-electron chi connectivity index (χ1n) is 6.98. The molecule has 0 saturated heterocycles. The van der Waals surface area contributed by atoms with E-state index in [1.807, 2.05) is 30.3 Å². The van der Waals surface area contributed by atoms with E-state index in [1.165, 1.54) is 5.56 Å². The zero-order chi connectivity index (χ0) is 15.1. The smallest absolute Gasteiger partial charge is 0.119 e. The molecule has 2 rings (SSSR count). The van der Waals surface area contributed by atoms with E-state index < -0.39 is 0 Å². The van der Waals surface area contributed by atoms with Crippen molar-refractivity contribution in [3.8, 4) is 11.5 Å². The van der Waals surface area contributed by atoms with Crippen LogP contribution in [0.25, 0.3) is 0 Å². The summed E-state index contributed by atoms with van der Waals surface area (Å²) >= 11 is 0. The highest BCUT2D eigenvalue weighted by molar-refractivity contribution is 5.33. The molecule has 0 atom stereocenters. The normalized spacial score (nSPS) is 10.3. The van der Waals surface area contributed by atoms with E-state index in [0.29, 0.717) is 23.3 Å². The van der Waals surface area contributed by atoms with Crippen LogP contribution in [0.2, 0.25) is 0 Å². The van der Waals surface area contributed by atoms with Crippen LogP contribution in [-0.4, -0.2) is 10.2 Å². The Morgan fingerprint density at radius 3 is 1.80 bits per heavy atom. The second kappa shape index (κ2) is 7.59. The molecule has 0 aliphatic heterocycles. The first-order valence-corrected chi connectivity index (χ1v) is 6.98. The van der Waals surface area contributed by atoms with Gasteiger partial charge < -0.3 is 10.2 Å². The Balaban J connectivity index is 0.000000200. The Labute approximate surface area is 121 Å². The van der Waals surface area contributed by atoms with Crippen LogP contribution in [0.4, 0.5) is 0 Å². The van der Waals surface area contributed by atoms with Gasteiger partial charge in [-0.3, -0.25) is 0 Å². The Kier molecular flexibility index (Phi) is 6.10. The molecule has 2 nitrogen and oxygen atoms in total. The molecule has 0 bridgehead atoms. The highest BCUT2D eigenvalue weighted by Crippen LogP contribution is 2.23. The van der Waals surface area contributed by atoms with E-state index in [0.717, 1.165) is 5.56 Å². The Bertz CT molecular complexity index is 530. The van der Waals surface area contributed by atoms with Crippen LogP contribution in [0.15, 0.2) is 48.5 Å². The molecular weight excluding hydrogens is 248 g/mol. The molecule has 0 heterocycles. The minimum Gasteiger partial charge on any atom is -0.508 e. The van der Waals surface area contributed by atoms with Crippen LogP contribution in [0.3, 0.4) is 0 Å². The lowest BCUT2D eigenvalue weighted by molar-refractivity contribution is 0.465. The molecule has 2 aromatic carbocycles. The van der Waals surface area contributed by atoms with Crippen molar-refractivity contribution in [1.29, 1.82) is 0 Å². The van der Waals surface area contributed by atoms with E-state index in [-0.39, 0.29) is 0 Å². The maximum atomic E-state index is 9.28. The van der Waals surface area contributed by atoms with Crippen LogP contribution >= 0.6 is 0 Å². The molecule has 0 fully saturated rings. The quantitative estimate of drug-likeness (QED) is 0.804. The van der Waals surface area contributed by atoms with Crippen molar-refractivity contribution in [2.24, 2.45) is 0 Å². The highest BCUT2D eigenvalue weighted by atomic mass is 16.3. The predicted octanol–water partition coefficient (Wildman–Crippen LogP) is 5.03. The Hall–Kier alpha value is -1.96. The van der Waals surface area contributed by atoms with Gasteiger partial charge in [0.05, 0.1) is 0 Å². The molecule has 0 aliphatic rings. The minimum atomic E-state index is 0.353. The topological polar surface area (TPSA) is 40.5 Å². The van der Waals surface area contributed by atoms with Crippen LogP contribution in [0.5, 0.6) is 11.5 Å². The van der Waals surface area contributed by atoms with E-state index in [1.54, 1.807) is 18.2 Å². The third-order valence-electron chi connectivity index (χ3n) is 3.10. The maximum absolute atomic E-state index is 9.28. The molecule has 0 spiro atoms. The van der Waals surface area contributed by atoms with E-state index in [2.05, 4.69) is 27.7 Å². The standard InChI is InChI=1S/2C9H12O/c1-7(2)8-4-3-5-9(10)6-8;1-7(2)8-5-3-4-6-9(8)10/h2*3-7,10H,1-2H3. The zero-order valence-electron chi connectivity index (χ0n) is 12.7. The fourth-order valence-corrected chi connectivity index (χ4v) is 1.86. The molecule has 0 radical (unpaired) electrons. The lowest BCUT2D eigenvalue weighted by Crippen LogP contribution is -1.85. The van der Waals surface area contributed by atoms with Gasteiger partial charge in [-0.2, -0.15) is 0 Å². The van der Waals surface area contributed by atoms with Crippen molar-refractivity contribution in [1.82, 2.24) is 0 Å². The highest BCUT2D eigenvalue weighted by Gasteiger charge is 2.02. The average molecular weight is 272 g/mol. The summed E-state index contributed by atoms with van der Waals surface area (Å²) in [7, 11) is 0. The second-order valence-electron chi connectivity index (χ2n) is 5.46. The van der Waals surface area contributed by atoms with Crippen molar-refractivity contribution in [2.75, 3.05) is 0 Å². The fourth-order valence-electron chi connectivity index (χ4n) is 1.86. The van der Waals surface area contributed by atoms with E-state index >= 15 is 0 Å². The van der Waals surface area contributed by atoms with Crippen molar-refractivity contribution >= 4 is 0 Å². The number of para-hydroxylation sites is 1. The van der Waals surface area contributed by atoms with Gasteiger partial charge in [0.15, 0.2) is 0 Å². The molecule has 108 valence electrons. The van der Waals surface area contributed by atoms with Gasteiger partial charge in [-0.15, -0.1) is 0 Å². The van der Waals surface area contributed by atoms with Crippen LogP contribution in [-0.2, 0) is 0 Å². The molecule has 2 heteroatoms. The average Bonchev–Trinajstić information content (AvgIpc) is 2.39. The number of rotatable bonds is 2. The number of aromatic hydroxyl groups is 2. The predicted molar refractivity (Wildman–Crippen MR) is 84.4 cm³/mol. The van der Waals surface area contributed by atoms with Gasteiger partial charge in [0.2, 0.25) is 0 Å². The van der Waals surface area contributed by atoms with Gasteiger partial charge in [0, 0.05) is 0 Å². The Morgan fingerprint density at radius 2 is 1.40 bits per heavy atom. The van der Waals surface area contributed by atoms with E-state index in [9.17, 15) is 5.11 Å². The zero-order valence-corrected chi connectivity index (χ0v) is 12.7. The van der Waals surface area contributed by atoms with Gasteiger partial charge in [-0.05, 0) is 41.2 Å². The second-order valence-corrected chi connectivity index (χ2v) is 5.46. The third kappa shape index (κ3) is 4.96. The third-order valence-corrected chi connectivity index (χ3v) is 3.10. The number of phenolic OH excluding ortho intramolecular Hbond substituents is 2. The Morgan fingerprint density at radius 1 is 0.750 bits per heavy atom. The molecule has 0 unspecified atom stereocenters. The molecule has 0 aromatic heterocycles. The summed E-state index contributed by atoms with van der Waals surface area (Å²) in [5.74, 6) is 1.65. The first kappa shape index (κ1) is 16.1. The monoisotopic (exact) mass is 272 g/mol. The molecule has 0 aliphatic carbocycles. The van der Waals surface area contributed by atoms with Gasteiger partial charge in [0.1, 0.15) is 11.5 Å². The number of hydrogen-bond acceptors (Lipinski definition) is 2. The number of phenols is 2. The lowest BCUT2D eigenvalue weighted by atomic mass is 10.0. The first-order chi connectivity index (χ1) is 9.41. The molecule has 20 heavy (non-hydrogen) atoms. The van der Waals surface area contributed by atoms with Crippen molar-refractivity contribution in [3.63, 3.8) is 0 Å². The van der Waals surface area contributed by atoms with Gasteiger partial charge >= 0.3 is 0 Å². The van der Waals surface area contributed by atoms with Gasteiger partial charge in [0.25, 0.3) is 0 Å². The van der Waals surface area contributed by atoms with E-state index in [4.69, 9.17) is 5.11 Å². The number of hydrogen-bond donors (Lipinski definition) is 2. The van der Waals surface area contributed by atoms with Crippen molar-refractivity contribution in [3.05, 3.63) is 59.7 Å². The van der Waals surface area contributed by atoms with Gasteiger partial charge in [-0.25, -0.2) is 0 Å². The maximum Gasteiger partial charge on any atom is 0.119 e. The molecule has 0 saturated carbocycles. The summed E-state index contributed by atoms with van der Waals surface area (Å²) in [5, 5.41) is 18.3. The summed E-state index contributed by atoms with van der Waals surface area (Å²) in [5.41, 5.74) is 2.20. The SMILES string of the molecule is CC(C)c1cccc(O)c1.CC(C)c1ccccc1O. The van der Waals surface area contributed by atoms with Crippen LogP contribution in [0.1, 0.15) is 50.7 Å².